The number of morpholine rings is 1. The first-order chi connectivity index (χ1) is 9.55. The van der Waals surface area contributed by atoms with Crippen molar-refractivity contribution in [3.63, 3.8) is 0 Å². The number of anilines is 1. The molecule has 1 aliphatic heterocycles. The zero-order valence-electron chi connectivity index (χ0n) is 11.5. The number of hydrogen-bond donors (Lipinski definition) is 2. The summed E-state index contributed by atoms with van der Waals surface area (Å²) in [6.45, 7) is 2.68. The number of hydrogen-bond acceptors (Lipinski definition) is 5. The largest absolute Gasteiger partial charge is 0.394 e. The molecule has 6 nitrogen and oxygen atoms in total. The maximum atomic E-state index is 12.6. The van der Waals surface area contributed by atoms with Crippen LogP contribution in [0.15, 0.2) is 16.7 Å². The maximum Gasteiger partial charge on any atom is 0.257 e. The van der Waals surface area contributed by atoms with Crippen molar-refractivity contribution in [2.75, 3.05) is 32.1 Å². The highest BCUT2D eigenvalue weighted by Gasteiger charge is 2.29. The van der Waals surface area contributed by atoms with Gasteiger partial charge >= 0.3 is 0 Å². The average molecular weight is 344 g/mol. The molecule has 1 amide bonds. The Morgan fingerprint density at radius 3 is 3.05 bits per heavy atom. The van der Waals surface area contributed by atoms with Gasteiger partial charge in [0.05, 0.1) is 24.4 Å². The van der Waals surface area contributed by atoms with Crippen molar-refractivity contribution in [3.05, 3.63) is 22.3 Å². The van der Waals surface area contributed by atoms with Gasteiger partial charge in [-0.05, 0) is 28.9 Å². The van der Waals surface area contributed by atoms with Gasteiger partial charge in [-0.3, -0.25) is 4.79 Å². The van der Waals surface area contributed by atoms with Crippen molar-refractivity contribution >= 4 is 27.7 Å². The second kappa shape index (κ2) is 6.51. The molecule has 7 heteroatoms. The standard InChI is InChI=1S/C13H18BrN3O3/c1-8-5-17(6-10(7-18)20-8)13(19)11-3-9(14)4-16-12(11)15-2/h3-4,8,10,18H,5-7H2,1-2H3,(H,15,16). The lowest BCUT2D eigenvalue weighted by atomic mass is 10.1. The van der Waals surface area contributed by atoms with E-state index in [9.17, 15) is 9.90 Å². The van der Waals surface area contributed by atoms with Crippen LogP contribution in [0.4, 0.5) is 5.82 Å². The molecule has 1 aromatic rings. The molecule has 1 saturated heterocycles. The first kappa shape index (κ1) is 15.2. The number of halogens is 1. The van der Waals surface area contributed by atoms with Crippen LogP contribution in [0.3, 0.4) is 0 Å². The first-order valence-electron chi connectivity index (χ1n) is 6.44. The third-order valence-electron chi connectivity index (χ3n) is 3.14. The summed E-state index contributed by atoms with van der Waals surface area (Å²) < 4.78 is 6.30. The average Bonchev–Trinajstić information content (AvgIpc) is 2.45. The van der Waals surface area contributed by atoms with Gasteiger partial charge in [0.2, 0.25) is 0 Å². The van der Waals surface area contributed by atoms with Crippen molar-refractivity contribution in [1.82, 2.24) is 9.88 Å². The van der Waals surface area contributed by atoms with Crippen LogP contribution >= 0.6 is 15.9 Å². The fourth-order valence-corrected chi connectivity index (χ4v) is 2.62. The Morgan fingerprint density at radius 2 is 2.40 bits per heavy atom. The van der Waals surface area contributed by atoms with E-state index in [-0.39, 0.29) is 24.7 Å². The molecule has 1 aromatic heterocycles. The summed E-state index contributed by atoms with van der Waals surface area (Å²) in [6, 6.07) is 1.75. The van der Waals surface area contributed by atoms with Crippen LogP contribution in [0.5, 0.6) is 0 Å². The molecule has 2 N–H and O–H groups in total. The Balaban J connectivity index is 2.24. The van der Waals surface area contributed by atoms with E-state index in [4.69, 9.17) is 4.74 Å². The molecule has 2 heterocycles. The number of carbonyl (C=O) groups is 1. The normalized spacial score (nSPS) is 22.7. The number of aromatic nitrogens is 1. The van der Waals surface area contributed by atoms with Gasteiger partial charge in [0, 0.05) is 30.8 Å². The Labute approximate surface area is 126 Å². The number of nitrogens with zero attached hydrogens (tertiary/aromatic N) is 2. The SMILES string of the molecule is CNc1ncc(Br)cc1C(=O)N1CC(C)OC(CO)C1. The van der Waals surface area contributed by atoms with Crippen LogP contribution in [0.1, 0.15) is 17.3 Å². The van der Waals surface area contributed by atoms with Crippen molar-refractivity contribution < 1.29 is 14.6 Å². The molecule has 2 unspecified atom stereocenters. The predicted molar refractivity (Wildman–Crippen MR) is 78.8 cm³/mol. The molecule has 2 rings (SSSR count). The monoisotopic (exact) mass is 343 g/mol. The molecule has 110 valence electrons. The van der Waals surface area contributed by atoms with Crippen LogP contribution in [0.25, 0.3) is 0 Å². The van der Waals surface area contributed by atoms with Gasteiger partial charge in [0.25, 0.3) is 5.91 Å². The van der Waals surface area contributed by atoms with Crippen molar-refractivity contribution in [2.24, 2.45) is 0 Å². The molecule has 0 radical (unpaired) electrons. The van der Waals surface area contributed by atoms with E-state index in [1.807, 2.05) is 6.92 Å². The number of ether oxygens (including phenoxy) is 1. The van der Waals surface area contributed by atoms with Crippen LogP contribution in [0, 0.1) is 0 Å². The molecule has 1 fully saturated rings. The number of carbonyl (C=O) groups excluding carboxylic acids is 1. The van der Waals surface area contributed by atoms with Crippen LogP contribution in [-0.2, 0) is 4.74 Å². The van der Waals surface area contributed by atoms with E-state index in [2.05, 4.69) is 26.2 Å². The van der Waals surface area contributed by atoms with E-state index in [1.54, 1.807) is 24.2 Å². The summed E-state index contributed by atoms with van der Waals surface area (Å²) in [5.74, 6) is 0.426. The zero-order valence-corrected chi connectivity index (χ0v) is 13.1. The minimum absolute atomic E-state index is 0.0935. The number of amides is 1. The number of rotatable bonds is 3. The number of aliphatic hydroxyl groups is 1. The lowest BCUT2D eigenvalue weighted by Crippen LogP contribution is -2.50. The third-order valence-corrected chi connectivity index (χ3v) is 3.57. The van der Waals surface area contributed by atoms with Gasteiger partial charge in [-0.15, -0.1) is 0 Å². The highest BCUT2D eigenvalue weighted by atomic mass is 79.9. The first-order valence-corrected chi connectivity index (χ1v) is 7.23. The molecule has 0 saturated carbocycles. The lowest BCUT2D eigenvalue weighted by molar-refractivity contribution is -0.0858. The van der Waals surface area contributed by atoms with E-state index in [0.29, 0.717) is 24.5 Å². The third kappa shape index (κ3) is 3.28. The minimum atomic E-state index is -0.333. The number of pyridine rings is 1. The molecule has 20 heavy (non-hydrogen) atoms. The Morgan fingerprint density at radius 1 is 1.65 bits per heavy atom. The van der Waals surface area contributed by atoms with Gasteiger partial charge in [-0.2, -0.15) is 0 Å². The van der Waals surface area contributed by atoms with Gasteiger partial charge in [0.1, 0.15) is 5.82 Å². The molecule has 0 bridgehead atoms. The predicted octanol–water partition coefficient (Wildman–Crippen LogP) is 1.11. The van der Waals surface area contributed by atoms with Crippen LogP contribution in [-0.4, -0.2) is 59.8 Å². The molecular weight excluding hydrogens is 326 g/mol. The van der Waals surface area contributed by atoms with Crippen molar-refractivity contribution in [1.29, 1.82) is 0 Å². The summed E-state index contributed by atoms with van der Waals surface area (Å²) in [6.07, 6.45) is 1.21. The Hall–Kier alpha value is -1.18. The Bertz CT molecular complexity index is 498. The summed E-state index contributed by atoms with van der Waals surface area (Å²) in [4.78, 5) is 18.5. The van der Waals surface area contributed by atoms with Crippen molar-refractivity contribution in [2.45, 2.75) is 19.1 Å². The van der Waals surface area contributed by atoms with Crippen LogP contribution in [0.2, 0.25) is 0 Å². The number of nitrogens with one attached hydrogen (secondary N) is 1. The highest BCUT2D eigenvalue weighted by Crippen LogP contribution is 2.21. The highest BCUT2D eigenvalue weighted by molar-refractivity contribution is 9.10. The zero-order chi connectivity index (χ0) is 14.7. The molecular formula is C13H18BrN3O3. The second-order valence-electron chi connectivity index (χ2n) is 4.76. The summed E-state index contributed by atoms with van der Waals surface area (Å²) >= 11 is 3.33. The van der Waals surface area contributed by atoms with E-state index in [1.165, 1.54) is 0 Å². The molecule has 0 aliphatic carbocycles. The molecule has 0 aromatic carbocycles. The minimum Gasteiger partial charge on any atom is -0.394 e. The maximum absolute atomic E-state index is 12.6. The Kier molecular flexibility index (Phi) is 4.95. The van der Waals surface area contributed by atoms with Crippen molar-refractivity contribution in [3.8, 4) is 0 Å². The summed E-state index contributed by atoms with van der Waals surface area (Å²) in [5, 5.41) is 12.1. The van der Waals surface area contributed by atoms with E-state index >= 15 is 0 Å². The van der Waals surface area contributed by atoms with E-state index in [0.717, 1.165) is 4.47 Å². The molecule has 0 spiro atoms. The van der Waals surface area contributed by atoms with Crippen LogP contribution < -0.4 is 5.32 Å². The summed E-state index contributed by atoms with van der Waals surface area (Å²) in [7, 11) is 1.73. The number of aliphatic hydroxyl groups excluding tert-OH is 1. The molecule has 1 aliphatic rings. The fraction of sp³-hybridized carbons (Fsp3) is 0.538. The van der Waals surface area contributed by atoms with Gasteiger partial charge in [-0.25, -0.2) is 4.98 Å². The second-order valence-corrected chi connectivity index (χ2v) is 5.68. The molecule has 2 atom stereocenters. The summed E-state index contributed by atoms with van der Waals surface area (Å²) in [5.41, 5.74) is 0.507. The van der Waals surface area contributed by atoms with Gasteiger partial charge in [-0.1, -0.05) is 0 Å². The quantitative estimate of drug-likeness (QED) is 0.859. The lowest BCUT2D eigenvalue weighted by Gasteiger charge is -2.36. The van der Waals surface area contributed by atoms with E-state index < -0.39 is 0 Å². The fourth-order valence-electron chi connectivity index (χ4n) is 2.28. The van der Waals surface area contributed by atoms with Gasteiger partial charge in [0.15, 0.2) is 0 Å². The smallest absolute Gasteiger partial charge is 0.257 e. The topological polar surface area (TPSA) is 74.7 Å². The van der Waals surface area contributed by atoms with Gasteiger partial charge < -0.3 is 20.1 Å².